The van der Waals surface area contributed by atoms with Crippen LogP contribution in [0.4, 0.5) is 4.79 Å². The number of nitrogens with one attached hydrogen (secondary N) is 4. The Balaban J connectivity index is 1.83. The number of hydrogen-bond donors (Lipinski definition) is 4. The van der Waals surface area contributed by atoms with Crippen LogP contribution in [0.25, 0.3) is 0 Å². The Morgan fingerprint density at radius 3 is 2.18 bits per heavy atom. The van der Waals surface area contributed by atoms with E-state index >= 15 is 0 Å². The Hall–Kier alpha value is -2.76. The van der Waals surface area contributed by atoms with Crippen molar-refractivity contribution < 1.29 is 32.4 Å². The zero-order valence-electron chi connectivity index (χ0n) is 28.1. The molecule has 3 fully saturated rings. The zero-order valence-corrected chi connectivity index (χ0v) is 28.9. The molecular weight excluding hydrogens is 596 g/mol. The van der Waals surface area contributed by atoms with Crippen LogP contribution < -0.4 is 21.3 Å². The van der Waals surface area contributed by atoms with Crippen molar-refractivity contribution in [2.45, 2.75) is 111 Å². The molecule has 0 aliphatic heterocycles. The van der Waals surface area contributed by atoms with Crippen LogP contribution in [0.1, 0.15) is 92.9 Å². The number of hydrogen-bond acceptors (Lipinski definition) is 7. The van der Waals surface area contributed by atoms with Gasteiger partial charge in [0.2, 0.25) is 11.7 Å². The molecule has 0 aromatic carbocycles. The van der Waals surface area contributed by atoms with Crippen molar-refractivity contribution in [1.82, 2.24) is 21.3 Å². The Morgan fingerprint density at radius 2 is 1.64 bits per heavy atom. The molecule has 3 saturated carbocycles. The van der Waals surface area contributed by atoms with E-state index in [0.29, 0.717) is 25.7 Å². The number of sulfone groups is 1. The van der Waals surface area contributed by atoms with Gasteiger partial charge in [0, 0.05) is 18.7 Å². The predicted molar refractivity (Wildman–Crippen MR) is 173 cm³/mol. The van der Waals surface area contributed by atoms with Gasteiger partial charge >= 0.3 is 6.03 Å². The summed E-state index contributed by atoms with van der Waals surface area (Å²) >= 11 is 0. The third-order valence-electron chi connectivity index (χ3n) is 10.1. The molecule has 3 aliphatic rings. The summed E-state index contributed by atoms with van der Waals surface area (Å²) < 4.78 is 24.5. The van der Waals surface area contributed by atoms with E-state index in [1.54, 1.807) is 0 Å². The van der Waals surface area contributed by atoms with E-state index in [4.69, 9.17) is 0 Å². The number of amides is 4. The number of ketones is 2. The fourth-order valence-corrected chi connectivity index (χ4v) is 9.23. The lowest BCUT2D eigenvalue weighted by atomic mass is 9.74. The Morgan fingerprint density at radius 1 is 1.02 bits per heavy atom. The van der Waals surface area contributed by atoms with Gasteiger partial charge < -0.3 is 21.3 Å². The second-order valence-corrected chi connectivity index (χ2v) is 17.4. The number of urea groups is 1. The third-order valence-corrected chi connectivity index (χ3v) is 11.2. The van der Waals surface area contributed by atoms with Gasteiger partial charge in [-0.25, -0.2) is 13.2 Å². The van der Waals surface area contributed by atoms with Gasteiger partial charge in [-0.2, -0.15) is 0 Å². The summed E-state index contributed by atoms with van der Waals surface area (Å²) in [6.07, 6.45) is 7.57. The molecule has 2 unspecified atom stereocenters. The second-order valence-electron chi connectivity index (χ2n) is 15.2. The second kappa shape index (κ2) is 13.9. The number of carbonyl (C=O) groups excluding carboxylic acids is 5. The van der Waals surface area contributed by atoms with E-state index < -0.39 is 68.3 Å². The van der Waals surface area contributed by atoms with Gasteiger partial charge in [-0.05, 0) is 48.3 Å². The molecule has 0 heterocycles. The minimum absolute atomic E-state index is 0.0758. The number of rotatable bonds is 14. The lowest BCUT2D eigenvalue weighted by Gasteiger charge is -2.39. The highest BCUT2D eigenvalue weighted by molar-refractivity contribution is 7.90. The number of carbonyl (C=O) groups is 5. The molecule has 4 N–H and O–H groups in total. The van der Waals surface area contributed by atoms with Crippen molar-refractivity contribution in [3.63, 3.8) is 0 Å². The largest absolute Gasteiger partial charge is 0.346 e. The van der Waals surface area contributed by atoms with Crippen molar-refractivity contribution in [1.29, 1.82) is 0 Å². The highest BCUT2D eigenvalue weighted by Gasteiger charge is 2.70. The van der Waals surface area contributed by atoms with Crippen LogP contribution >= 0.6 is 0 Å². The molecule has 0 saturated heterocycles. The quantitative estimate of drug-likeness (QED) is 0.166. The number of Topliss-reactive ketones (excluding diaryl/α,β-unsaturated/α-hetero) is 2. The lowest BCUT2D eigenvalue weighted by molar-refractivity contribution is -0.141. The van der Waals surface area contributed by atoms with Gasteiger partial charge in [0.1, 0.15) is 9.84 Å². The van der Waals surface area contributed by atoms with Gasteiger partial charge in [-0.1, -0.05) is 73.3 Å². The van der Waals surface area contributed by atoms with Crippen LogP contribution in [0, 0.1) is 34.5 Å². The van der Waals surface area contributed by atoms with E-state index in [2.05, 4.69) is 41.7 Å². The molecule has 6 atom stereocenters. The molecule has 3 rings (SSSR count). The van der Waals surface area contributed by atoms with E-state index in [9.17, 15) is 32.4 Å². The maximum atomic E-state index is 14.3. The first-order valence-corrected chi connectivity index (χ1v) is 18.4. The van der Waals surface area contributed by atoms with Crippen molar-refractivity contribution in [3.05, 3.63) is 12.7 Å². The molecule has 4 amide bonds. The molecule has 254 valence electrons. The molecule has 11 nitrogen and oxygen atoms in total. The number of fused-ring (bicyclic) bond motifs is 1. The van der Waals surface area contributed by atoms with Crippen LogP contribution in [-0.4, -0.2) is 74.0 Å². The van der Waals surface area contributed by atoms with Crippen LogP contribution in [0.15, 0.2) is 12.7 Å². The molecular formula is C33H54N4O7S. The third kappa shape index (κ3) is 8.74. The highest BCUT2D eigenvalue weighted by Crippen LogP contribution is 2.71. The van der Waals surface area contributed by atoms with Gasteiger partial charge in [-0.3, -0.25) is 19.2 Å². The van der Waals surface area contributed by atoms with Gasteiger partial charge in [0.05, 0.1) is 29.3 Å². The first kappa shape index (κ1) is 36.7. The van der Waals surface area contributed by atoms with Gasteiger partial charge in [0.25, 0.3) is 5.91 Å². The zero-order chi connectivity index (χ0) is 34.0. The van der Waals surface area contributed by atoms with Crippen LogP contribution in [-0.2, 0) is 29.0 Å². The summed E-state index contributed by atoms with van der Waals surface area (Å²) in [7, 11) is -3.38. The molecule has 0 aromatic rings. The van der Waals surface area contributed by atoms with Crippen molar-refractivity contribution in [2.75, 3.05) is 18.6 Å². The Bertz CT molecular complexity index is 1280. The molecule has 3 aliphatic carbocycles. The fourth-order valence-electron chi connectivity index (χ4n) is 7.87. The summed E-state index contributed by atoms with van der Waals surface area (Å²) in [6.45, 7) is 15.2. The minimum atomic E-state index is -3.38. The lowest BCUT2D eigenvalue weighted by Crippen LogP contribution is -2.61. The highest BCUT2D eigenvalue weighted by atomic mass is 32.2. The van der Waals surface area contributed by atoms with E-state index in [-0.39, 0.29) is 41.8 Å². The summed E-state index contributed by atoms with van der Waals surface area (Å²) in [5, 5.41) is 11.1. The van der Waals surface area contributed by atoms with E-state index in [1.165, 1.54) is 6.08 Å². The van der Waals surface area contributed by atoms with Crippen LogP contribution in [0.3, 0.4) is 0 Å². The molecule has 45 heavy (non-hydrogen) atoms. The molecule has 0 spiro atoms. The monoisotopic (exact) mass is 650 g/mol. The molecule has 12 heteroatoms. The van der Waals surface area contributed by atoms with Gasteiger partial charge in [0.15, 0.2) is 5.78 Å². The predicted octanol–water partition coefficient (Wildman–Crippen LogP) is 3.08. The van der Waals surface area contributed by atoms with Crippen molar-refractivity contribution in [3.8, 4) is 0 Å². The topological polar surface area (TPSA) is 168 Å². The smallest absolute Gasteiger partial charge is 0.315 e. The summed E-state index contributed by atoms with van der Waals surface area (Å²) in [5.74, 6) is -3.75. The minimum Gasteiger partial charge on any atom is -0.346 e. The SMILES string of the molecule is C=CCNC(=O)C(=O)C(CCC)NC(=O)[C@H]1C(C(=O)[C@@H](NC(=O)NC2(CS(C)(=O)=O)CCCCC2)C(C)(C)C)C[C@H]2[C@@H]1C2(C)C. The average molecular weight is 651 g/mol. The summed E-state index contributed by atoms with van der Waals surface area (Å²) in [5.41, 5.74) is -1.77. The summed E-state index contributed by atoms with van der Waals surface area (Å²) in [4.78, 5) is 67.1. The van der Waals surface area contributed by atoms with Crippen LogP contribution in [0.2, 0.25) is 0 Å². The molecule has 0 bridgehead atoms. The first-order chi connectivity index (χ1) is 20.8. The summed E-state index contributed by atoms with van der Waals surface area (Å²) in [6, 6.07) is -2.57. The van der Waals surface area contributed by atoms with E-state index in [1.807, 2.05) is 27.7 Å². The van der Waals surface area contributed by atoms with Crippen molar-refractivity contribution in [2.24, 2.45) is 34.5 Å². The fraction of sp³-hybridized carbons (Fsp3) is 0.788. The maximum absolute atomic E-state index is 14.3. The normalized spacial score (nSPS) is 26.4. The maximum Gasteiger partial charge on any atom is 0.315 e. The Kier molecular flexibility index (Phi) is 11.4. The van der Waals surface area contributed by atoms with Crippen molar-refractivity contribution >= 4 is 39.2 Å². The van der Waals surface area contributed by atoms with Crippen LogP contribution in [0.5, 0.6) is 0 Å². The van der Waals surface area contributed by atoms with E-state index in [0.717, 1.165) is 25.5 Å². The van der Waals surface area contributed by atoms with Gasteiger partial charge in [-0.15, -0.1) is 6.58 Å². The molecule has 0 radical (unpaired) electrons. The average Bonchev–Trinajstić information content (AvgIpc) is 3.25. The first-order valence-electron chi connectivity index (χ1n) is 16.3. The Labute approximate surface area is 268 Å². The standard InChI is InChI=1S/C33H54N4O7S/c1-9-14-22(26(39)29(41)34-17-10-2)35-28(40)23-20(18-21-24(23)32(21,6)7)25(38)27(31(3,4)5)36-30(42)37-33(19-45(8,43)44)15-12-11-13-16-33/h10,20-24,27H,2,9,11-19H2,1,3-8H3,(H,34,41)(H,35,40)(H2,36,37,42)/t20?,21-,22?,23-,24-,27+/m0/s1. The molecule has 0 aromatic heterocycles.